The summed E-state index contributed by atoms with van der Waals surface area (Å²) in [5.41, 5.74) is 14.4. The Labute approximate surface area is 347 Å². The van der Waals surface area contributed by atoms with Crippen molar-refractivity contribution in [1.29, 1.82) is 0 Å². The molecule has 0 radical (unpaired) electrons. The molecule has 320 valence electrons. The highest BCUT2D eigenvalue weighted by Crippen LogP contribution is 2.68. The Bertz CT molecular complexity index is 1560. The van der Waals surface area contributed by atoms with Crippen molar-refractivity contribution in [3.63, 3.8) is 0 Å². The molecule has 6 rings (SSSR count). The summed E-state index contributed by atoms with van der Waals surface area (Å²) in [4.78, 5) is 26.1. The van der Waals surface area contributed by atoms with Crippen LogP contribution in [-0.2, 0) is 20.7 Å². The van der Waals surface area contributed by atoms with Crippen molar-refractivity contribution in [3.05, 3.63) is 22.3 Å². The van der Waals surface area contributed by atoms with Crippen LogP contribution < -0.4 is 20.9 Å². The van der Waals surface area contributed by atoms with E-state index in [9.17, 15) is 24.9 Å². The van der Waals surface area contributed by atoms with E-state index >= 15 is 0 Å². The lowest BCUT2D eigenvalue weighted by Crippen LogP contribution is -2.62. The fraction of sp³-hybridized carbons (Fsp3) is 0.818. The summed E-state index contributed by atoms with van der Waals surface area (Å²) in [6, 6.07) is -0.704. The van der Waals surface area contributed by atoms with E-state index in [0.29, 0.717) is 56.7 Å². The van der Waals surface area contributed by atoms with Gasteiger partial charge in [-0.25, -0.2) is 4.79 Å². The minimum atomic E-state index is -0.704. The molecular weight excluding hydrogens is 755 g/mol. The lowest BCUT2D eigenvalue weighted by Gasteiger charge is -2.63. The molecule has 56 heavy (non-hydrogen) atoms. The summed E-state index contributed by atoms with van der Waals surface area (Å²) in [6.07, 6.45) is 9.30. The molecule has 0 bridgehead atoms. The van der Waals surface area contributed by atoms with Gasteiger partial charge < -0.3 is 41.0 Å². The molecule has 4 fully saturated rings. The average molecular weight is 828 g/mol. The van der Waals surface area contributed by atoms with E-state index in [2.05, 4.69) is 20.8 Å². The molecular formula is C44H72Cl2N2O8. The van der Waals surface area contributed by atoms with Gasteiger partial charge in [0.2, 0.25) is 0 Å². The van der Waals surface area contributed by atoms with Crippen LogP contribution in [0.2, 0.25) is 0 Å². The second-order valence-electron chi connectivity index (χ2n) is 19.1. The largest absolute Gasteiger partial charge is 0.483 e. The van der Waals surface area contributed by atoms with Crippen molar-refractivity contribution < 1.29 is 39.1 Å². The maximum atomic E-state index is 13.3. The van der Waals surface area contributed by atoms with Crippen molar-refractivity contribution in [2.24, 2.45) is 57.8 Å². The normalized spacial score (nSPS) is 36.9. The summed E-state index contributed by atoms with van der Waals surface area (Å²) < 4.78 is 18.4. The molecule has 1 aliphatic heterocycles. The highest BCUT2D eigenvalue weighted by atomic mass is 35.5. The van der Waals surface area contributed by atoms with Crippen molar-refractivity contribution >= 4 is 36.8 Å². The molecule has 7 N–H and O–H groups in total. The van der Waals surface area contributed by atoms with E-state index in [1.54, 1.807) is 0 Å². The highest BCUT2D eigenvalue weighted by molar-refractivity contribution is 5.85. The second-order valence-corrected chi connectivity index (χ2v) is 19.1. The third-order valence-electron chi connectivity index (χ3n) is 15.9. The zero-order chi connectivity index (χ0) is 39.3. The molecule has 0 aromatic heterocycles. The van der Waals surface area contributed by atoms with E-state index in [4.69, 9.17) is 25.7 Å². The number of fused-ring (bicyclic) bond motifs is 6. The zero-order valence-corrected chi connectivity index (χ0v) is 36.6. The van der Waals surface area contributed by atoms with Crippen molar-refractivity contribution in [3.8, 4) is 11.5 Å². The van der Waals surface area contributed by atoms with E-state index in [1.165, 1.54) is 0 Å². The van der Waals surface area contributed by atoms with Gasteiger partial charge in [-0.1, -0.05) is 27.2 Å². The number of nitrogens with two attached hydrogens (primary N) is 2. The van der Waals surface area contributed by atoms with Crippen LogP contribution in [0.3, 0.4) is 0 Å². The molecule has 2 unspecified atom stereocenters. The number of unbranched alkanes of at least 4 members (excludes halogenated alkanes) is 1. The number of halogens is 2. The standard InChI is InChI=1S/C44H70N2O8.2ClH/c1-24(31-12-13-32-38-33(22-36(49)44(31,32)7)43(6)18-15-29(47)20-28(43)21-35(38)48)11-14-37(50)52-23-42(5)17-16-30-27(4)39(25(2)26(3)40(30)54-42)53-41(51)34(46)10-8-9-19-45;;/h24,28-29,31-36,38,47-49H,8-23,45-46H2,1-7H3;2*1H/t24?,28-,29+,31+,32-,33-,34-,35+,36-,38-,42?,43-,44+;;/m0../s1. The fourth-order valence-corrected chi connectivity index (χ4v) is 12.3. The first kappa shape index (κ1) is 47.0. The number of ether oxygens (including phenoxy) is 3. The fourth-order valence-electron chi connectivity index (χ4n) is 12.3. The molecule has 1 heterocycles. The molecule has 0 amide bonds. The molecule has 0 spiro atoms. The smallest absolute Gasteiger partial charge is 0.328 e. The minimum absolute atomic E-state index is 0. The first-order chi connectivity index (χ1) is 25.4. The molecule has 0 saturated heterocycles. The van der Waals surface area contributed by atoms with Crippen LogP contribution in [0.15, 0.2) is 0 Å². The monoisotopic (exact) mass is 826 g/mol. The van der Waals surface area contributed by atoms with Crippen LogP contribution in [0.5, 0.6) is 11.5 Å². The average Bonchev–Trinajstić information content (AvgIpc) is 3.50. The second kappa shape index (κ2) is 18.3. The number of aliphatic hydroxyl groups excluding tert-OH is 3. The SMILES string of the molecule is Cc1c(C)c2c(c(C)c1OC(=O)[C@@H](N)CCCCN)CCC(C)(COC(=O)CCC(C)[C@H]1CC[C@H]3[C@@H]4[C@H](O)C[C@@H]5C[C@H](O)CC[C@]5(C)[C@H]4C[C@H](O)[C@]13C)O2.Cl.Cl. The van der Waals surface area contributed by atoms with Gasteiger partial charge >= 0.3 is 11.9 Å². The number of carbonyl (C=O) groups is 2. The molecule has 1 aromatic carbocycles. The molecule has 13 atom stereocenters. The van der Waals surface area contributed by atoms with Gasteiger partial charge in [0.25, 0.3) is 0 Å². The molecule has 4 saturated carbocycles. The Morgan fingerprint density at radius 1 is 0.911 bits per heavy atom. The van der Waals surface area contributed by atoms with Crippen LogP contribution >= 0.6 is 24.8 Å². The van der Waals surface area contributed by atoms with Crippen molar-refractivity contribution in [1.82, 2.24) is 0 Å². The van der Waals surface area contributed by atoms with Crippen LogP contribution in [0.25, 0.3) is 0 Å². The Morgan fingerprint density at radius 3 is 2.32 bits per heavy atom. The maximum Gasteiger partial charge on any atom is 0.328 e. The molecule has 5 aliphatic rings. The van der Waals surface area contributed by atoms with Gasteiger partial charge in [-0.15, -0.1) is 24.8 Å². The van der Waals surface area contributed by atoms with Crippen LogP contribution in [0.1, 0.15) is 133 Å². The van der Waals surface area contributed by atoms with Crippen LogP contribution in [0.4, 0.5) is 0 Å². The Morgan fingerprint density at radius 2 is 1.62 bits per heavy atom. The quantitative estimate of drug-likeness (QED) is 0.0855. The Balaban J connectivity index is 0.00000348. The topological polar surface area (TPSA) is 175 Å². The minimum Gasteiger partial charge on any atom is -0.483 e. The first-order valence-electron chi connectivity index (χ1n) is 21.1. The lowest BCUT2D eigenvalue weighted by atomic mass is 9.43. The van der Waals surface area contributed by atoms with Gasteiger partial charge in [0.05, 0.1) is 18.3 Å². The number of aliphatic hydroxyl groups is 3. The molecule has 1 aromatic rings. The van der Waals surface area contributed by atoms with E-state index in [1.807, 2.05) is 27.7 Å². The van der Waals surface area contributed by atoms with Crippen molar-refractivity contribution in [2.75, 3.05) is 13.2 Å². The summed E-state index contributed by atoms with van der Waals surface area (Å²) >= 11 is 0. The van der Waals surface area contributed by atoms with Gasteiger partial charge in [-0.05, 0) is 174 Å². The summed E-state index contributed by atoms with van der Waals surface area (Å²) in [6.45, 7) is 15.4. The highest BCUT2D eigenvalue weighted by Gasteiger charge is 2.65. The van der Waals surface area contributed by atoms with E-state index in [-0.39, 0.29) is 83.9 Å². The number of hydrogen-bond acceptors (Lipinski definition) is 10. The molecule has 4 aliphatic carbocycles. The van der Waals surface area contributed by atoms with Gasteiger partial charge in [0.1, 0.15) is 29.7 Å². The number of esters is 2. The first-order valence-corrected chi connectivity index (χ1v) is 21.1. The third kappa shape index (κ3) is 8.64. The number of hydrogen-bond donors (Lipinski definition) is 5. The van der Waals surface area contributed by atoms with Gasteiger partial charge in [-0.2, -0.15) is 0 Å². The predicted molar refractivity (Wildman–Crippen MR) is 222 cm³/mol. The lowest BCUT2D eigenvalue weighted by molar-refractivity contribution is -0.207. The molecule has 10 nitrogen and oxygen atoms in total. The summed E-state index contributed by atoms with van der Waals surface area (Å²) in [5, 5.41) is 34.0. The van der Waals surface area contributed by atoms with Gasteiger partial charge in [-0.3, -0.25) is 4.79 Å². The van der Waals surface area contributed by atoms with Crippen molar-refractivity contribution in [2.45, 2.75) is 168 Å². The van der Waals surface area contributed by atoms with Gasteiger partial charge in [0, 0.05) is 12.0 Å². The number of rotatable bonds is 12. The van der Waals surface area contributed by atoms with E-state index in [0.717, 1.165) is 79.4 Å². The number of carbonyl (C=O) groups excluding carboxylic acids is 2. The van der Waals surface area contributed by atoms with Gasteiger partial charge in [0.15, 0.2) is 0 Å². The maximum absolute atomic E-state index is 13.3. The van der Waals surface area contributed by atoms with E-state index < -0.39 is 29.8 Å². The zero-order valence-electron chi connectivity index (χ0n) is 34.9. The summed E-state index contributed by atoms with van der Waals surface area (Å²) in [7, 11) is 0. The van der Waals surface area contributed by atoms with Crippen LogP contribution in [0, 0.1) is 67.1 Å². The predicted octanol–water partition coefficient (Wildman–Crippen LogP) is 6.82. The van der Waals surface area contributed by atoms with Crippen LogP contribution in [-0.4, -0.2) is 70.4 Å². The molecule has 12 heteroatoms. The summed E-state index contributed by atoms with van der Waals surface area (Å²) in [5.74, 6) is 2.10. The Hall–Kier alpha value is -1.66. The number of benzene rings is 1. The Kier molecular flexibility index (Phi) is 15.4. The third-order valence-corrected chi connectivity index (χ3v) is 15.9.